The second-order valence-electron chi connectivity index (χ2n) is 8.14. The zero-order valence-corrected chi connectivity index (χ0v) is 19.8. The van der Waals surface area contributed by atoms with Crippen LogP contribution >= 0.6 is 0 Å². The molecule has 0 bridgehead atoms. The maximum atomic E-state index is 12.9. The summed E-state index contributed by atoms with van der Waals surface area (Å²) in [5, 5.41) is 9.12. The van der Waals surface area contributed by atoms with Crippen molar-refractivity contribution in [3.8, 4) is 11.5 Å². The van der Waals surface area contributed by atoms with Gasteiger partial charge in [0.25, 0.3) is 0 Å². The summed E-state index contributed by atoms with van der Waals surface area (Å²) in [6.45, 7) is 4.02. The Morgan fingerprint density at radius 3 is 2.46 bits per heavy atom. The van der Waals surface area contributed by atoms with Crippen LogP contribution in [0.4, 0.5) is 18.9 Å². The van der Waals surface area contributed by atoms with Crippen molar-refractivity contribution >= 4 is 23.6 Å². The van der Waals surface area contributed by atoms with E-state index in [4.69, 9.17) is 9.84 Å². The summed E-state index contributed by atoms with van der Waals surface area (Å²) in [5.41, 5.74) is 2.56. The van der Waals surface area contributed by atoms with E-state index in [0.29, 0.717) is 42.8 Å². The van der Waals surface area contributed by atoms with Crippen LogP contribution in [0.15, 0.2) is 47.6 Å². The van der Waals surface area contributed by atoms with Gasteiger partial charge >= 0.3 is 6.36 Å². The molecule has 2 atom stereocenters. The summed E-state index contributed by atoms with van der Waals surface area (Å²) in [6.07, 6.45) is -2.53. The van der Waals surface area contributed by atoms with E-state index in [1.165, 1.54) is 19.2 Å². The average Bonchev–Trinajstić information content (AvgIpc) is 2.83. The first-order chi connectivity index (χ1) is 16.7. The van der Waals surface area contributed by atoms with E-state index in [2.05, 4.69) is 10.1 Å². The highest BCUT2D eigenvalue weighted by atomic mass is 19.4. The molecule has 2 aromatic carbocycles. The van der Waals surface area contributed by atoms with Gasteiger partial charge in [0.05, 0.1) is 19.4 Å². The molecular formula is C25H28F3N3O4. The van der Waals surface area contributed by atoms with Crippen LogP contribution in [0.25, 0.3) is 0 Å². The zero-order chi connectivity index (χ0) is 25.6. The molecule has 0 aliphatic carbocycles. The molecule has 0 aromatic heterocycles. The predicted molar refractivity (Wildman–Crippen MR) is 125 cm³/mol. The Balaban J connectivity index is 1.92. The van der Waals surface area contributed by atoms with Crippen LogP contribution in [0.5, 0.6) is 11.5 Å². The maximum Gasteiger partial charge on any atom is 0.573 e. The molecule has 35 heavy (non-hydrogen) atoms. The van der Waals surface area contributed by atoms with Gasteiger partial charge in [-0.25, -0.2) is 0 Å². The summed E-state index contributed by atoms with van der Waals surface area (Å²) in [6, 6.07) is 11.0. The third-order valence-corrected chi connectivity index (χ3v) is 5.77. The minimum atomic E-state index is -4.87. The van der Waals surface area contributed by atoms with Gasteiger partial charge in [0.1, 0.15) is 12.3 Å². The number of hydrogen-bond acceptors (Lipinski definition) is 6. The number of halogens is 3. The number of amides is 1. The molecule has 1 aliphatic heterocycles. The topological polar surface area (TPSA) is 80.2 Å². The van der Waals surface area contributed by atoms with Gasteiger partial charge in [-0.15, -0.1) is 13.2 Å². The molecule has 2 aromatic rings. The summed E-state index contributed by atoms with van der Waals surface area (Å²) in [5.74, 6) is -0.722. The molecule has 7 nitrogen and oxygen atoms in total. The fraction of sp³-hybridized carbons (Fsp3) is 0.400. The van der Waals surface area contributed by atoms with E-state index >= 15 is 0 Å². The Morgan fingerprint density at radius 2 is 1.89 bits per heavy atom. The van der Waals surface area contributed by atoms with Gasteiger partial charge in [-0.3, -0.25) is 9.80 Å². The lowest BCUT2D eigenvalue weighted by Gasteiger charge is -2.35. The third kappa shape index (κ3) is 6.74. The minimum Gasteiger partial charge on any atom is -0.493 e. The quantitative estimate of drug-likeness (QED) is 0.491. The number of methoxy groups -OCH3 is 1. The fourth-order valence-electron chi connectivity index (χ4n) is 3.92. The van der Waals surface area contributed by atoms with E-state index < -0.39 is 18.2 Å². The molecule has 1 aliphatic rings. The number of rotatable bonds is 9. The first kappa shape index (κ1) is 26.1. The average molecular weight is 492 g/mol. The number of hydrazone groups is 1. The molecule has 1 heterocycles. The van der Waals surface area contributed by atoms with Crippen LogP contribution in [0.1, 0.15) is 44.2 Å². The third-order valence-electron chi connectivity index (χ3n) is 5.77. The maximum absolute atomic E-state index is 12.9. The smallest absolute Gasteiger partial charge is 0.493 e. The molecule has 0 saturated carbocycles. The van der Waals surface area contributed by atoms with Gasteiger partial charge < -0.3 is 19.6 Å². The Bertz CT molecular complexity index is 1070. The van der Waals surface area contributed by atoms with Crippen molar-refractivity contribution in [2.45, 2.75) is 52.1 Å². The van der Waals surface area contributed by atoms with Gasteiger partial charge in [0.15, 0.2) is 11.5 Å². The lowest BCUT2D eigenvalue weighted by Crippen LogP contribution is -2.41. The molecule has 3 rings (SSSR count). The lowest BCUT2D eigenvalue weighted by atomic mass is 9.87. The minimum absolute atomic E-state index is 0.0478. The van der Waals surface area contributed by atoms with Crippen molar-refractivity contribution in [1.29, 1.82) is 0 Å². The number of hydrogen-bond donors (Lipinski definition) is 1. The van der Waals surface area contributed by atoms with Crippen molar-refractivity contribution in [3.05, 3.63) is 53.6 Å². The molecule has 10 heteroatoms. The summed E-state index contributed by atoms with van der Waals surface area (Å²) >= 11 is 0. The number of ether oxygens (including phenoxy) is 2. The van der Waals surface area contributed by atoms with Gasteiger partial charge in [0.2, 0.25) is 5.91 Å². The molecule has 0 saturated heterocycles. The van der Waals surface area contributed by atoms with Crippen molar-refractivity contribution in [1.82, 2.24) is 5.01 Å². The van der Waals surface area contributed by atoms with Crippen LogP contribution in [0.3, 0.4) is 0 Å². The van der Waals surface area contributed by atoms with E-state index in [-0.39, 0.29) is 17.6 Å². The van der Waals surface area contributed by atoms with Crippen molar-refractivity contribution in [2.75, 3.05) is 12.4 Å². The monoisotopic (exact) mass is 491 g/mol. The highest BCUT2D eigenvalue weighted by Crippen LogP contribution is 2.35. The molecule has 0 spiro atoms. The van der Waals surface area contributed by atoms with Crippen LogP contribution < -0.4 is 14.8 Å². The molecule has 2 unspecified atom stereocenters. The SMILES string of the molecule is CCC(=O)Nc1ccc(CN2N=C(c3ccc(OC)c(OC(F)(F)F)c3)C(CC)CC2C=O)cc1. The first-order valence-electron chi connectivity index (χ1n) is 11.3. The molecule has 0 fully saturated rings. The van der Waals surface area contributed by atoms with Gasteiger partial charge in [-0.1, -0.05) is 26.0 Å². The van der Waals surface area contributed by atoms with E-state index in [1.54, 1.807) is 30.1 Å². The van der Waals surface area contributed by atoms with Gasteiger partial charge in [-0.05, 0) is 48.7 Å². The Kier molecular flexibility index (Phi) is 8.37. The normalized spacial score (nSPS) is 18.0. The Labute approximate surface area is 201 Å². The number of nitrogens with one attached hydrogen (secondary N) is 1. The van der Waals surface area contributed by atoms with E-state index in [1.807, 2.05) is 19.1 Å². The lowest BCUT2D eigenvalue weighted by molar-refractivity contribution is -0.275. The molecule has 0 radical (unpaired) electrons. The van der Waals surface area contributed by atoms with Crippen LogP contribution in [0, 0.1) is 5.92 Å². The number of carbonyl (C=O) groups excluding carboxylic acids is 2. The molecule has 1 amide bonds. The van der Waals surface area contributed by atoms with Crippen molar-refractivity contribution < 1.29 is 32.2 Å². The largest absolute Gasteiger partial charge is 0.573 e. The summed E-state index contributed by atoms with van der Waals surface area (Å²) in [7, 11) is 1.26. The van der Waals surface area contributed by atoms with Gasteiger partial charge in [0, 0.05) is 23.6 Å². The fourth-order valence-corrected chi connectivity index (χ4v) is 3.92. The van der Waals surface area contributed by atoms with Crippen LogP contribution in [0.2, 0.25) is 0 Å². The van der Waals surface area contributed by atoms with E-state index in [9.17, 15) is 22.8 Å². The first-order valence-corrected chi connectivity index (χ1v) is 11.3. The van der Waals surface area contributed by atoms with Gasteiger partial charge in [-0.2, -0.15) is 5.10 Å². The number of alkyl halides is 3. The standard InChI is InChI=1S/C25H28F3N3O4/c1-4-17-12-20(15-32)31(14-16-6-9-19(10-7-16)29-23(33)5-2)30-24(17)18-8-11-21(34-3)22(13-18)35-25(26,27)28/h6-11,13,15,17,20H,4-5,12,14H2,1-3H3,(H,29,33). The number of aldehydes is 1. The Hall–Kier alpha value is -3.56. The van der Waals surface area contributed by atoms with Crippen molar-refractivity contribution in [2.24, 2.45) is 11.0 Å². The van der Waals surface area contributed by atoms with Crippen LogP contribution in [-0.4, -0.2) is 42.4 Å². The highest BCUT2D eigenvalue weighted by molar-refractivity contribution is 6.03. The zero-order valence-electron chi connectivity index (χ0n) is 19.8. The Morgan fingerprint density at radius 1 is 1.17 bits per heavy atom. The number of carbonyl (C=O) groups is 2. The predicted octanol–water partition coefficient (Wildman–Crippen LogP) is 5.15. The second-order valence-corrected chi connectivity index (χ2v) is 8.14. The molecular weight excluding hydrogens is 463 g/mol. The van der Waals surface area contributed by atoms with E-state index in [0.717, 1.165) is 11.8 Å². The highest BCUT2D eigenvalue weighted by Gasteiger charge is 2.34. The van der Waals surface area contributed by atoms with Crippen LogP contribution in [-0.2, 0) is 16.1 Å². The molecule has 188 valence electrons. The van der Waals surface area contributed by atoms with Crippen molar-refractivity contribution in [3.63, 3.8) is 0 Å². The summed E-state index contributed by atoms with van der Waals surface area (Å²) < 4.78 is 47.9. The number of nitrogens with zero attached hydrogens (tertiary/aromatic N) is 2. The second kappa shape index (κ2) is 11.2. The molecule has 1 N–H and O–H groups in total. The number of anilines is 1. The number of benzene rings is 2. The summed E-state index contributed by atoms with van der Waals surface area (Å²) in [4.78, 5) is 23.4.